The topological polar surface area (TPSA) is 56.3 Å². The van der Waals surface area contributed by atoms with Crippen molar-refractivity contribution in [2.24, 2.45) is 0 Å². The summed E-state index contributed by atoms with van der Waals surface area (Å²) in [5.74, 6) is 0. The van der Waals surface area contributed by atoms with Crippen LogP contribution in [-0.4, -0.2) is 37.1 Å². The van der Waals surface area contributed by atoms with Crippen LogP contribution in [0.25, 0.3) is 0 Å². The standard InChI is InChI=1S/C16H22N4/c17-11-13-4-5-16(15(18)10-13)20-9-6-14(12-20)19-7-2-1-3-8-19/h4-5,10,14H,1-3,6-9,12,18H2. The Morgan fingerprint density at radius 2 is 1.95 bits per heavy atom. The van der Waals surface area contributed by atoms with Crippen LogP contribution in [-0.2, 0) is 0 Å². The van der Waals surface area contributed by atoms with Crippen molar-refractivity contribution in [3.8, 4) is 6.07 Å². The molecule has 0 aliphatic carbocycles. The lowest BCUT2D eigenvalue weighted by Gasteiger charge is -2.32. The van der Waals surface area contributed by atoms with E-state index in [0.717, 1.165) is 24.5 Å². The number of anilines is 2. The van der Waals surface area contributed by atoms with Crippen LogP contribution in [0.1, 0.15) is 31.2 Å². The van der Waals surface area contributed by atoms with Crippen molar-refractivity contribution in [1.82, 2.24) is 4.90 Å². The number of benzene rings is 1. The van der Waals surface area contributed by atoms with Crippen LogP contribution in [0.2, 0.25) is 0 Å². The highest BCUT2D eigenvalue weighted by atomic mass is 15.3. The third-order valence-corrected chi connectivity index (χ3v) is 4.57. The molecule has 0 saturated carbocycles. The van der Waals surface area contributed by atoms with Gasteiger partial charge in [-0.15, -0.1) is 0 Å². The number of nitriles is 1. The highest BCUT2D eigenvalue weighted by Gasteiger charge is 2.29. The maximum absolute atomic E-state index is 8.90. The van der Waals surface area contributed by atoms with E-state index in [9.17, 15) is 0 Å². The molecule has 0 spiro atoms. The average Bonchev–Trinajstić information content (AvgIpc) is 2.97. The van der Waals surface area contributed by atoms with E-state index in [1.54, 1.807) is 6.07 Å². The fourth-order valence-electron chi connectivity index (χ4n) is 3.45. The summed E-state index contributed by atoms with van der Waals surface area (Å²) in [6, 6.07) is 8.45. The third kappa shape index (κ3) is 2.59. The first-order chi connectivity index (χ1) is 9.78. The van der Waals surface area contributed by atoms with Crippen LogP contribution in [0.15, 0.2) is 18.2 Å². The van der Waals surface area contributed by atoms with Crippen LogP contribution in [0, 0.1) is 11.3 Å². The average molecular weight is 270 g/mol. The highest BCUT2D eigenvalue weighted by molar-refractivity contribution is 5.70. The van der Waals surface area contributed by atoms with Crippen LogP contribution in [0.5, 0.6) is 0 Å². The molecular formula is C16H22N4. The zero-order valence-corrected chi connectivity index (χ0v) is 11.9. The first-order valence-corrected chi connectivity index (χ1v) is 7.56. The van der Waals surface area contributed by atoms with Crippen molar-refractivity contribution in [3.63, 3.8) is 0 Å². The first-order valence-electron chi connectivity index (χ1n) is 7.56. The SMILES string of the molecule is N#Cc1ccc(N2CCC(N3CCCCC3)C2)c(N)c1. The van der Waals surface area contributed by atoms with E-state index in [-0.39, 0.29) is 0 Å². The van der Waals surface area contributed by atoms with Gasteiger partial charge in [-0.25, -0.2) is 0 Å². The van der Waals surface area contributed by atoms with Gasteiger partial charge in [0.05, 0.1) is 23.0 Å². The summed E-state index contributed by atoms with van der Waals surface area (Å²) >= 11 is 0. The van der Waals surface area contributed by atoms with E-state index in [0.29, 0.717) is 11.6 Å². The summed E-state index contributed by atoms with van der Waals surface area (Å²) in [5, 5.41) is 8.90. The second kappa shape index (κ2) is 5.72. The minimum atomic E-state index is 0.637. The fourth-order valence-corrected chi connectivity index (χ4v) is 3.45. The van der Waals surface area contributed by atoms with Crippen molar-refractivity contribution < 1.29 is 0 Å². The van der Waals surface area contributed by atoms with E-state index in [1.165, 1.54) is 38.8 Å². The van der Waals surface area contributed by atoms with Crippen LogP contribution in [0.3, 0.4) is 0 Å². The molecule has 20 heavy (non-hydrogen) atoms. The molecule has 4 heteroatoms. The number of rotatable bonds is 2. The van der Waals surface area contributed by atoms with E-state index >= 15 is 0 Å². The lowest BCUT2D eigenvalue weighted by atomic mass is 10.1. The van der Waals surface area contributed by atoms with Crippen molar-refractivity contribution in [2.45, 2.75) is 31.7 Å². The summed E-state index contributed by atoms with van der Waals surface area (Å²) in [5.41, 5.74) is 8.54. The van der Waals surface area contributed by atoms with Crippen molar-refractivity contribution >= 4 is 11.4 Å². The van der Waals surface area contributed by atoms with Gasteiger partial charge in [-0.1, -0.05) is 6.42 Å². The van der Waals surface area contributed by atoms with Gasteiger partial charge >= 0.3 is 0 Å². The summed E-state index contributed by atoms with van der Waals surface area (Å²) in [4.78, 5) is 5.01. The molecule has 1 aromatic rings. The van der Waals surface area contributed by atoms with Crippen molar-refractivity contribution in [3.05, 3.63) is 23.8 Å². The minimum Gasteiger partial charge on any atom is -0.397 e. The van der Waals surface area contributed by atoms with E-state index < -0.39 is 0 Å². The Morgan fingerprint density at radius 3 is 2.65 bits per heavy atom. The van der Waals surface area contributed by atoms with Gasteiger partial charge in [-0.2, -0.15) is 5.26 Å². The number of hydrogen-bond donors (Lipinski definition) is 1. The number of nitrogen functional groups attached to an aromatic ring is 1. The quantitative estimate of drug-likeness (QED) is 0.837. The van der Waals surface area contributed by atoms with Gasteiger partial charge in [0.15, 0.2) is 0 Å². The van der Waals surface area contributed by atoms with Gasteiger partial charge in [0.25, 0.3) is 0 Å². The first kappa shape index (κ1) is 13.3. The van der Waals surface area contributed by atoms with Gasteiger partial charge in [0.2, 0.25) is 0 Å². The predicted molar refractivity (Wildman–Crippen MR) is 81.6 cm³/mol. The lowest BCUT2D eigenvalue weighted by molar-refractivity contribution is 0.175. The van der Waals surface area contributed by atoms with Gasteiger partial charge in [0.1, 0.15) is 0 Å². The van der Waals surface area contributed by atoms with Crippen LogP contribution in [0.4, 0.5) is 11.4 Å². The molecular weight excluding hydrogens is 248 g/mol. The molecule has 2 saturated heterocycles. The largest absolute Gasteiger partial charge is 0.397 e. The second-order valence-corrected chi connectivity index (χ2v) is 5.87. The smallest absolute Gasteiger partial charge is 0.0992 e. The number of hydrogen-bond acceptors (Lipinski definition) is 4. The molecule has 2 N–H and O–H groups in total. The lowest BCUT2D eigenvalue weighted by Crippen LogP contribution is -2.40. The van der Waals surface area contributed by atoms with Gasteiger partial charge < -0.3 is 10.6 Å². The Bertz CT molecular complexity index is 514. The Labute approximate surface area is 120 Å². The molecule has 0 radical (unpaired) electrons. The number of nitrogens with two attached hydrogens (primary N) is 1. The fraction of sp³-hybridized carbons (Fsp3) is 0.562. The molecule has 3 rings (SSSR count). The summed E-state index contributed by atoms with van der Waals surface area (Å²) < 4.78 is 0. The molecule has 0 aromatic heterocycles. The van der Waals surface area contributed by atoms with Gasteiger partial charge in [-0.05, 0) is 50.6 Å². The monoisotopic (exact) mass is 270 g/mol. The summed E-state index contributed by atoms with van der Waals surface area (Å²) in [6.45, 7) is 4.64. The van der Waals surface area contributed by atoms with E-state index in [1.807, 2.05) is 12.1 Å². The Hall–Kier alpha value is -1.73. The van der Waals surface area contributed by atoms with Crippen LogP contribution >= 0.6 is 0 Å². The molecule has 2 fully saturated rings. The molecule has 0 bridgehead atoms. The minimum absolute atomic E-state index is 0.637. The number of nitrogens with zero attached hydrogens (tertiary/aromatic N) is 3. The molecule has 0 amide bonds. The van der Waals surface area contributed by atoms with Crippen molar-refractivity contribution in [1.29, 1.82) is 5.26 Å². The van der Waals surface area contributed by atoms with Crippen LogP contribution < -0.4 is 10.6 Å². The Kier molecular flexibility index (Phi) is 3.79. The molecule has 1 aromatic carbocycles. The van der Waals surface area contributed by atoms with E-state index in [2.05, 4.69) is 15.9 Å². The molecule has 106 valence electrons. The second-order valence-electron chi connectivity index (χ2n) is 5.87. The maximum atomic E-state index is 8.90. The Morgan fingerprint density at radius 1 is 1.15 bits per heavy atom. The molecule has 2 aliphatic heterocycles. The molecule has 1 atom stereocenters. The molecule has 1 unspecified atom stereocenters. The normalized spacial score (nSPS) is 23.8. The van der Waals surface area contributed by atoms with Crippen molar-refractivity contribution in [2.75, 3.05) is 36.8 Å². The molecule has 4 nitrogen and oxygen atoms in total. The third-order valence-electron chi connectivity index (χ3n) is 4.57. The van der Waals surface area contributed by atoms with Gasteiger partial charge in [-0.3, -0.25) is 4.90 Å². The molecule has 2 heterocycles. The summed E-state index contributed by atoms with van der Waals surface area (Å²) in [6.07, 6.45) is 5.29. The molecule has 2 aliphatic rings. The summed E-state index contributed by atoms with van der Waals surface area (Å²) in [7, 11) is 0. The zero-order valence-electron chi connectivity index (χ0n) is 11.9. The highest BCUT2D eigenvalue weighted by Crippen LogP contribution is 2.29. The predicted octanol–water partition coefficient (Wildman–Crippen LogP) is 2.21. The Balaban J connectivity index is 1.69. The maximum Gasteiger partial charge on any atom is 0.0992 e. The van der Waals surface area contributed by atoms with Gasteiger partial charge in [0, 0.05) is 19.1 Å². The van der Waals surface area contributed by atoms with E-state index in [4.69, 9.17) is 11.0 Å². The number of likely N-dealkylation sites (tertiary alicyclic amines) is 1. The number of piperidine rings is 1. The zero-order chi connectivity index (χ0) is 13.9.